The molecule has 2 aromatic carbocycles. The lowest BCUT2D eigenvalue weighted by atomic mass is 9.96. The summed E-state index contributed by atoms with van der Waals surface area (Å²) < 4.78 is 0. The van der Waals surface area contributed by atoms with Gasteiger partial charge in [-0.25, -0.2) is 0 Å². The summed E-state index contributed by atoms with van der Waals surface area (Å²) in [5.41, 5.74) is 6.73. The van der Waals surface area contributed by atoms with Crippen LogP contribution in [0.15, 0.2) is 54.6 Å². The number of fused-ring (bicyclic) bond motifs is 1. The fourth-order valence-corrected chi connectivity index (χ4v) is 3.37. The Balaban J connectivity index is 1.91. The van der Waals surface area contributed by atoms with E-state index in [4.69, 9.17) is 5.73 Å². The molecule has 1 aliphatic heterocycles. The van der Waals surface area contributed by atoms with Crippen LogP contribution in [0.4, 0.5) is 0 Å². The van der Waals surface area contributed by atoms with Crippen LogP contribution in [0.3, 0.4) is 0 Å². The predicted octanol–water partition coefficient (Wildman–Crippen LogP) is 2.16. The van der Waals surface area contributed by atoms with Gasteiger partial charge in [0, 0.05) is 12.8 Å². The fraction of sp³-hybridized carbons (Fsp3) is 0.273. The SMILES string of the molecule is NCCCCC(=O)C(=O)C(Cc1ccccc1)N1C(=O)c2ccccc2C1=O. The van der Waals surface area contributed by atoms with Crippen LogP contribution < -0.4 is 5.73 Å². The molecule has 0 fully saturated rings. The lowest BCUT2D eigenvalue weighted by Gasteiger charge is -2.24. The number of carbonyl (C=O) groups excluding carboxylic acids is 4. The first-order chi connectivity index (χ1) is 13.5. The number of benzene rings is 2. The molecule has 0 spiro atoms. The van der Waals surface area contributed by atoms with Crippen LogP contribution in [-0.2, 0) is 16.0 Å². The Morgan fingerprint density at radius 3 is 2.00 bits per heavy atom. The van der Waals surface area contributed by atoms with E-state index < -0.39 is 29.4 Å². The lowest BCUT2D eigenvalue weighted by molar-refractivity contribution is -0.138. The summed E-state index contributed by atoms with van der Waals surface area (Å²) in [5.74, 6) is -2.37. The second-order valence-electron chi connectivity index (χ2n) is 6.76. The Morgan fingerprint density at radius 2 is 1.43 bits per heavy atom. The fourth-order valence-electron chi connectivity index (χ4n) is 3.37. The van der Waals surface area contributed by atoms with Gasteiger partial charge in [-0.2, -0.15) is 0 Å². The van der Waals surface area contributed by atoms with Gasteiger partial charge in [0.1, 0.15) is 6.04 Å². The van der Waals surface area contributed by atoms with E-state index in [0.717, 1.165) is 10.5 Å². The Labute approximate surface area is 163 Å². The molecule has 0 aliphatic carbocycles. The number of unbranched alkanes of at least 4 members (excludes halogenated alkanes) is 1. The average molecular weight is 378 g/mol. The van der Waals surface area contributed by atoms with Crippen molar-refractivity contribution in [3.63, 3.8) is 0 Å². The summed E-state index contributed by atoms with van der Waals surface area (Å²) in [6.07, 6.45) is 1.30. The third-order valence-electron chi connectivity index (χ3n) is 4.84. The van der Waals surface area contributed by atoms with Crippen molar-refractivity contribution in [2.24, 2.45) is 5.73 Å². The van der Waals surface area contributed by atoms with E-state index in [9.17, 15) is 19.2 Å². The number of rotatable bonds is 9. The Morgan fingerprint density at radius 1 is 0.857 bits per heavy atom. The molecule has 0 bridgehead atoms. The standard InChI is InChI=1S/C22H22N2O4/c23-13-7-6-12-19(25)20(26)18(14-15-8-2-1-3-9-15)24-21(27)16-10-4-5-11-17(16)22(24)28/h1-5,8-11,18H,6-7,12-14,23H2. The van der Waals surface area contributed by atoms with Gasteiger partial charge < -0.3 is 5.73 Å². The van der Waals surface area contributed by atoms with E-state index in [0.29, 0.717) is 19.4 Å². The quantitative estimate of drug-likeness (QED) is 0.410. The van der Waals surface area contributed by atoms with Crippen molar-refractivity contribution in [2.75, 3.05) is 6.54 Å². The predicted molar refractivity (Wildman–Crippen MR) is 104 cm³/mol. The first-order valence-electron chi connectivity index (χ1n) is 9.32. The molecule has 0 saturated carbocycles. The highest BCUT2D eigenvalue weighted by Gasteiger charge is 2.43. The maximum atomic E-state index is 12.9. The van der Waals surface area contributed by atoms with Crippen molar-refractivity contribution in [1.82, 2.24) is 4.90 Å². The number of carbonyl (C=O) groups is 4. The summed E-state index contributed by atoms with van der Waals surface area (Å²) in [4.78, 5) is 52.0. The Kier molecular flexibility index (Phi) is 6.11. The van der Waals surface area contributed by atoms with Crippen LogP contribution in [0.2, 0.25) is 0 Å². The lowest BCUT2D eigenvalue weighted by Crippen LogP contribution is -2.48. The Bertz CT molecular complexity index is 873. The van der Waals surface area contributed by atoms with E-state index in [-0.39, 0.29) is 24.0 Å². The van der Waals surface area contributed by atoms with Crippen molar-refractivity contribution in [3.05, 3.63) is 71.3 Å². The van der Waals surface area contributed by atoms with Crippen molar-refractivity contribution >= 4 is 23.4 Å². The maximum absolute atomic E-state index is 12.9. The van der Waals surface area contributed by atoms with E-state index in [2.05, 4.69) is 0 Å². The van der Waals surface area contributed by atoms with E-state index in [1.807, 2.05) is 18.2 Å². The number of amides is 2. The average Bonchev–Trinajstić information content (AvgIpc) is 2.97. The number of ketones is 2. The third-order valence-corrected chi connectivity index (χ3v) is 4.84. The molecule has 1 heterocycles. The monoisotopic (exact) mass is 378 g/mol. The van der Waals surface area contributed by atoms with Crippen LogP contribution in [0.25, 0.3) is 0 Å². The van der Waals surface area contributed by atoms with E-state index >= 15 is 0 Å². The zero-order chi connectivity index (χ0) is 20.1. The van der Waals surface area contributed by atoms with Gasteiger partial charge in [0.05, 0.1) is 11.1 Å². The maximum Gasteiger partial charge on any atom is 0.262 e. The van der Waals surface area contributed by atoms with Crippen LogP contribution >= 0.6 is 0 Å². The van der Waals surface area contributed by atoms with Gasteiger partial charge in [-0.05, 0) is 37.1 Å². The van der Waals surface area contributed by atoms with E-state index in [1.165, 1.54) is 0 Å². The molecule has 2 N–H and O–H groups in total. The van der Waals surface area contributed by atoms with Crippen LogP contribution in [0.1, 0.15) is 45.5 Å². The molecule has 0 aromatic heterocycles. The summed E-state index contributed by atoms with van der Waals surface area (Å²) in [7, 11) is 0. The van der Waals surface area contributed by atoms with Gasteiger partial charge in [0.2, 0.25) is 11.6 Å². The van der Waals surface area contributed by atoms with Gasteiger partial charge in [-0.15, -0.1) is 0 Å². The highest BCUT2D eigenvalue weighted by atomic mass is 16.2. The number of nitrogens with zero attached hydrogens (tertiary/aromatic N) is 1. The largest absolute Gasteiger partial charge is 0.330 e. The van der Waals surface area contributed by atoms with E-state index in [1.54, 1.807) is 36.4 Å². The molecular weight excluding hydrogens is 356 g/mol. The zero-order valence-corrected chi connectivity index (χ0v) is 15.5. The van der Waals surface area contributed by atoms with Crippen molar-refractivity contribution in [2.45, 2.75) is 31.7 Å². The molecule has 2 amide bonds. The molecule has 0 radical (unpaired) electrons. The molecule has 1 aliphatic rings. The molecule has 6 heteroatoms. The zero-order valence-electron chi connectivity index (χ0n) is 15.5. The number of nitrogens with two attached hydrogens (primary N) is 1. The number of Topliss-reactive ketones (excluding diaryl/α,β-unsaturated/α-hetero) is 2. The minimum Gasteiger partial charge on any atom is -0.330 e. The molecule has 6 nitrogen and oxygen atoms in total. The minimum atomic E-state index is -1.15. The van der Waals surface area contributed by atoms with Gasteiger partial charge in [0.15, 0.2) is 0 Å². The number of hydrogen-bond acceptors (Lipinski definition) is 5. The molecule has 1 atom stereocenters. The van der Waals surface area contributed by atoms with Gasteiger partial charge >= 0.3 is 0 Å². The number of hydrogen-bond donors (Lipinski definition) is 1. The molecule has 28 heavy (non-hydrogen) atoms. The van der Waals surface area contributed by atoms with Crippen LogP contribution in [0, 0.1) is 0 Å². The van der Waals surface area contributed by atoms with Gasteiger partial charge in [-0.3, -0.25) is 24.1 Å². The van der Waals surface area contributed by atoms with Crippen LogP contribution in [-0.4, -0.2) is 40.9 Å². The molecule has 144 valence electrons. The summed E-state index contributed by atoms with van der Waals surface area (Å²) in [6, 6.07) is 14.4. The molecule has 0 saturated heterocycles. The molecular formula is C22H22N2O4. The van der Waals surface area contributed by atoms with Crippen molar-refractivity contribution in [1.29, 1.82) is 0 Å². The van der Waals surface area contributed by atoms with Gasteiger partial charge in [0.25, 0.3) is 11.8 Å². The molecule has 3 rings (SSSR count). The molecule has 2 aromatic rings. The Hall–Kier alpha value is -3.12. The van der Waals surface area contributed by atoms with Crippen molar-refractivity contribution < 1.29 is 19.2 Å². The summed E-state index contributed by atoms with van der Waals surface area (Å²) in [5, 5.41) is 0. The van der Waals surface area contributed by atoms with Gasteiger partial charge in [-0.1, -0.05) is 42.5 Å². The first kappa shape index (κ1) is 19.6. The van der Waals surface area contributed by atoms with Crippen molar-refractivity contribution in [3.8, 4) is 0 Å². The summed E-state index contributed by atoms with van der Waals surface area (Å²) in [6.45, 7) is 0.438. The van der Waals surface area contributed by atoms with Crippen LogP contribution in [0.5, 0.6) is 0 Å². The topological polar surface area (TPSA) is 97.5 Å². The minimum absolute atomic E-state index is 0.0600. The normalized spacial score (nSPS) is 14.1. The smallest absolute Gasteiger partial charge is 0.262 e. The third kappa shape index (κ3) is 3.92. The number of imide groups is 1. The second kappa shape index (κ2) is 8.71. The molecule has 1 unspecified atom stereocenters. The highest BCUT2D eigenvalue weighted by molar-refractivity contribution is 6.40. The first-order valence-corrected chi connectivity index (χ1v) is 9.32. The highest BCUT2D eigenvalue weighted by Crippen LogP contribution is 2.26. The second-order valence-corrected chi connectivity index (χ2v) is 6.76. The summed E-state index contributed by atoms with van der Waals surface area (Å²) >= 11 is 0.